The zero-order valence-electron chi connectivity index (χ0n) is 10.4. The van der Waals surface area contributed by atoms with Gasteiger partial charge in [0.05, 0.1) is 4.92 Å². The van der Waals surface area contributed by atoms with Gasteiger partial charge >= 0.3 is 5.69 Å². The number of nitro benzene ring substituents is 1. The van der Waals surface area contributed by atoms with Gasteiger partial charge in [-0.2, -0.15) is 4.39 Å². The van der Waals surface area contributed by atoms with Gasteiger partial charge in [0, 0.05) is 24.7 Å². The molecule has 1 amide bonds. The summed E-state index contributed by atoms with van der Waals surface area (Å²) in [6, 6.07) is 3.22. The van der Waals surface area contributed by atoms with Gasteiger partial charge in [0.2, 0.25) is 5.82 Å². The van der Waals surface area contributed by atoms with Crippen molar-refractivity contribution in [1.29, 1.82) is 0 Å². The van der Waals surface area contributed by atoms with Gasteiger partial charge in [-0.25, -0.2) is 0 Å². The normalized spacial score (nSPS) is 15.1. The Kier molecular flexibility index (Phi) is 3.59. The summed E-state index contributed by atoms with van der Waals surface area (Å²) in [4.78, 5) is 23.6. The topological polar surface area (TPSA) is 63.5 Å². The third kappa shape index (κ3) is 2.78. The number of nitrogens with zero attached hydrogens (tertiary/aromatic N) is 2. The summed E-state index contributed by atoms with van der Waals surface area (Å²) in [6.07, 6.45) is 2.82. The van der Waals surface area contributed by atoms with E-state index in [2.05, 4.69) is 6.08 Å². The molecule has 0 N–H and O–H groups in total. The van der Waals surface area contributed by atoms with E-state index in [9.17, 15) is 19.3 Å². The number of nitro groups is 1. The lowest BCUT2D eigenvalue weighted by Crippen LogP contribution is -2.35. The van der Waals surface area contributed by atoms with Crippen LogP contribution in [0.3, 0.4) is 0 Å². The number of amides is 1. The lowest BCUT2D eigenvalue weighted by Gasteiger charge is -2.26. The summed E-state index contributed by atoms with van der Waals surface area (Å²) in [6.45, 7) is 3.00. The van der Waals surface area contributed by atoms with Crippen LogP contribution in [-0.4, -0.2) is 28.8 Å². The minimum atomic E-state index is -0.934. The molecule has 0 unspecified atom stereocenters. The maximum Gasteiger partial charge on any atom is 0.305 e. The van der Waals surface area contributed by atoms with E-state index in [-0.39, 0.29) is 11.5 Å². The van der Waals surface area contributed by atoms with E-state index in [4.69, 9.17) is 0 Å². The highest BCUT2D eigenvalue weighted by Gasteiger charge is 2.22. The molecule has 100 valence electrons. The Morgan fingerprint density at radius 3 is 2.84 bits per heavy atom. The van der Waals surface area contributed by atoms with Crippen molar-refractivity contribution in [2.24, 2.45) is 0 Å². The molecule has 0 radical (unpaired) electrons. The van der Waals surface area contributed by atoms with Crippen LogP contribution in [0.1, 0.15) is 23.7 Å². The quantitative estimate of drug-likeness (QED) is 0.468. The first-order valence-corrected chi connectivity index (χ1v) is 5.88. The Hall–Kier alpha value is -2.24. The molecule has 0 saturated heterocycles. The summed E-state index contributed by atoms with van der Waals surface area (Å²) < 4.78 is 13.2. The van der Waals surface area contributed by atoms with Gasteiger partial charge in [-0.05, 0) is 25.5 Å². The lowest BCUT2D eigenvalue weighted by atomic mass is 10.1. The highest BCUT2D eigenvalue weighted by Crippen LogP contribution is 2.20. The van der Waals surface area contributed by atoms with Gasteiger partial charge in [-0.3, -0.25) is 14.9 Å². The largest absolute Gasteiger partial charge is 0.334 e. The highest BCUT2D eigenvalue weighted by atomic mass is 19.1. The van der Waals surface area contributed by atoms with Crippen molar-refractivity contribution >= 4 is 11.6 Å². The van der Waals surface area contributed by atoms with Crippen molar-refractivity contribution in [3.05, 3.63) is 51.3 Å². The second-order valence-electron chi connectivity index (χ2n) is 4.49. The smallest absolute Gasteiger partial charge is 0.305 e. The standard InChI is InChI=1S/C13H13FN2O3/c1-9-3-2-6-15(8-9)13(17)10-4-5-11(14)12(7-10)16(18)19/h3-5,7H,2,6,8H2,1H3. The average molecular weight is 264 g/mol. The van der Waals surface area contributed by atoms with Crippen LogP contribution in [0, 0.1) is 15.9 Å². The van der Waals surface area contributed by atoms with E-state index in [1.807, 2.05) is 6.92 Å². The van der Waals surface area contributed by atoms with Gasteiger partial charge in [0.25, 0.3) is 5.91 Å². The molecule has 6 heteroatoms. The molecule has 1 heterocycles. The molecule has 0 spiro atoms. The highest BCUT2D eigenvalue weighted by molar-refractivity contribution is 5.95. The van der Waals surface area contributed by atoms with Crippen LogP contribution in [-0.2, 0) is 0 Å². The number of carbonyl (C=O) groups is 1. The molecule has 0 aliphatic carbocycles. The Morgan fingerprint density at radius 2 is 2.21 bits per heavy atom. The van der Waals surface area contributed by atoms with Crippen molar-refractivity contribution in [3.63, 3.8) is 0 Å². The zero-order chi connectivity index (χ0) is 14.0. The van der Waals surface area contributed by atoms with E-state index in [0.717, 1.165) is 24.1 Å². The van der Waals surface area contributed by atoms with E-state index in [0.29, 0.717) is 13.1 Å². The van der Waals surface area contributed by atoms with Crippen molar-refractivity contribution in [3.8, 4) is 0 Å². The van der Waals surface area contributed by atoms with Gasteiger partial charge in [-0.1, -0.05) is 11.6 Å². The first-order chi connectivity index (χ1) is 8.99. The molecule has 2 rings (SSSR count). The molecule has 0 bridgehead atoms. The van der Waals surface area contributed by atoms with Crippen LogP contribution >= 0.6 is 0 Å². The molecule has 1 aliphatic rings. The fourth-order valence-corrected chi connectivity index (χ4v) is 2.05. The average Bonchev–Trinajstić information content (AvgIpc) is 2.38. The van der Waals surface area contributed by atoms with Crippen LogP contribution < -0.4 is 0 Å². The Bertz CT molecular complexity index is 569. The minimum Gasteiger partial charge on any atom is -0.334 e. The van der Waals surface area contributed by atoms with Crippen LogP contribution in [0.25, 0.3) is 0 Å². The molecule has 5 nitrogen and oxygen atoms in total. The van der Waals surface area contributed by atoms with Crippen molar-refractivity contribution < 1.29 is 14.1 Å². The molecule has 19 heavy (non-hydrogen) atoms. The van der Waals surface area contributed by atoms with Crippen molar-refractivity contribution in [1.82, 2.24) is 4.90 Å². The summed E-state index contributed by atoms with van der Waals surface area (Å²) in [5, 5.41) is 10.7. The monoisotopic (exact) mass is 264 g/mol. The minimum absolute atomic E-state index is 0.141. The third-order valence-electron chi connectivity index (χ3n) is 3.01. The molecule has 1 aromatic rings. The first kappa shape index (κ1) is 13.2. The van der Waals surface area contributed by atoms with E-state index in [1.165, 1.54) is 6.07 Å². The third-order valence-corrected chi connectivity index (χ3v) is 3.01. The first-order valence-electron chi connectivity index (χ1n) is 5.88. The summed E-state index contributed by atoms with van der Waals surface area (Å²) in [5.41, 5.74) is 0.550. The summed E-state index contributed by atoms with van der Waals surface area (Å²) >= 11 is 0. The SMILES string of the molecule is CC1=CCCN(C(=O)c2ccc(F)c([N+](=O)[O-])c2)C1. The molecular weight excluding hydrogens is 251 g/mol. The number of hydrogen-bond donors (Lipinski definition) is 0. The van der Waals surface area contributed by atoms with Crippen molar-refractivity contribution in [2.75, 3.05) is 13.1 Å². The maximum absolute atomic E-state index is 13.2. The van der Waals surface area contributed by atoms with Crippen LogP contribution in [0.4, 0.5) is 10.1 Å². The van der Waals surface area contributed by atoms with E-state index < -0.39 is 16.4 Å². The van der Waals surface area contributed by atoms with E-state index in [1.54, 1.807) is 4.90 Å². The second-order valence-corrected chi connectivity index (χ2v) is 4.49. The van der Waals surface area contributed by atoms with Crippen LogP contribution in [0.5, 0.6) is 0 Å². The van der Waals surface area contributed by atoms with Crippen LogP contribution in [0.2, 0.25) is 0 Å². The molecule has 0 fully saturated rings. The number of halogens is 1. The zero-order valence-corrected chi connectivity index (χ0v) is 10.4. The summed E-state index contributed by atoms with van der Waals surface area (Å²) in [7, 11) is 0. The fraction of sp³-hybridized carbons (Fsp3) is 0.308. The number of rotatable bonds is 2. The predicted molar refractivity (Wildman–Crippen MR) is 67.3 cm³/mol. The van der Waals surface area contributed by atoms with E-state index >= 15 is 0 Å². The Morgan fingerprint density at radius 1 is 1.47 bits per heavy atom. The number of carbonyl (C=O) groups excluding carboxylic acids is 1. The number of hydrogen-bond acceptors (Lipinski definition) is 3. The fourth-order valence-electron chi connectivity index (χ4n) is 2.05. The van der Waals surface area contributed by atoms with Crippen LogP contribution in [0.15, 0.2) is 29.8 Å². The molecule has 1 aromatic carbocycles. The summed E-state index contributed by atoms with van der Waals surface area (Å²) in [5.74, 6) is -1.24. The predicted octanol–water partition coefficient (Wildman–Crippen LogP) is 2.53. The molecule has 0 atom stereocenters. The Labute approximate surface area is 109 Å². The van der Waals surface area contributed by atoms with Gasteiger partial charge in [0.1, 0.15) is 0 Å². The van der Waals surface area contributed by atoms with Crippen molar-refractivity contribution in [2.45, 2.75) is 13.3 Å². The van der Waals surface area contributed by atoms with Gasteiger partial charge in [-0.15, -0.1) is 0 Å². The molecule has 1 aliphatic heterocycles. The second kappa shape index (κ2) is 5.17. The Balaban J connectivity index is 2.27. The molecule has 0 saturated carbocycles. The number of benzene rings is 1. The molecule has 0 aromatic heterocycles. The maximum atomic E-state index is 13.2. The molecular formula is C13H13FN2O3. The van der Waals surface area contributed by atoms with Gasteiger partial charge in [0.15, 0.2) is 0 Å². The lowest BCUT2D eigenvalue weighted by molar-refractivity contribution is -0.387. The van der Waals surface area contributed by atoms with Gasteiger partial charge < -0.3 is 4.90 Å².